The molecule has 0 saturated carbocycles. The van der Waals surface area contributed by atoms with Crippen LogP contribution in [-0.2, 0) is 19.4 Å². The second-order valence-electron chi connectivity index (χ2n) is 4.98. The van der Waals surface area contributed by atoms with Crippen LogP contribution in [0.5, 0.6) is 0 Å². The van der Waals surface area contributed by atoms with Crippen LogP contribution in [0.3, 0.4) is 0 Å². The monoisotopic (exact) mass is 330 g/mol. The van der Waals surface area contributed by atoms with Gasteiger partial charge in [0.15, 0.2) is 16.4 Å². The first kappa shape index (κ1) is 16.2. The van der Waals surface area contributed by atoms with Crippen molar-refractivity contribution >= 4 is 27.4 Å². The van der Waals surface area contributed by atoms with E-state index in [1.807, 2.05) is 0 Å². The number of nitrogen functional groups attached to an aromatic ring is 1. The van der Waals surface area contributed by atoms with Crippen molar-refractivity contribution in [3.8, 4) is 0 Å². The number of esters is 1. The summed E-state index contributed by atoms with van der Waals surface area (Å²) in [5.41, 5.74) is 5.35. The number of rotatable bonds is 4. The highest BCUT2D eigenvalue weighted by molar-refractivity contribution is 7.91. The molecule has 0 bridgehead atoms. The molecule has 120 valence electrons. The number of carbonyl (C=O) groups is 2. The normalized spacial score (nSPS) is 19.6. The van der Waals surface area contributed by atoms with Crippen molar-refractivity contribution in [2.24, 2.45) is 0 Å². The number of amides is 1. The highest BCUT2D eigenvalue weighted by Crippen LogP contribution is 2.14. The minimum atomic E-state index is -3.10. The second kappa shape index (κ2) is 6.30. The zero-order valence-electron chi connectivity index (χ0n) is 11.5. The maximum atomic E-state index is 12.9. The van der Waals surface area contributed by atoms with E-state index in [4.69, 9.17) is 10.5 Å². The molecule has 1 heterocycles. The SMILES string of the molecule is Nc1cc(F)ccc1C(=O)OCC(=O)N[C@H]1CCS(=O)(=O)C1. The van der Waals surface area contributed by atoms with Gasteiger partial charge in [-0.3, -0.25) is 4.79 Å². The summed E-state index contributed by atoms with van der Waals surface area (Å²) >= 11 is 0. The molecule has 7 nitrogen and oxygen atoms in total. The number of hydrogen-bond acceptors (Lipinski definition) is 6. The Morgan fingerprint density at radius 2 is 2.14 bits per heavy atom. The Bertz CT molecular complexity index is 704. The molecule has 1 fully saturated rings. The van der Waals surface area contributed by atoms with Crippen molar-refractivity contribution in [2.75, 3.05) is 23.8 Å². The van der Waals surface area contributed by atoms with Crippen LogP contribution in [0.1, 0.15) is 16.8 Å². The third-order valence-electron chi connectivity index (χ3n) is 3.17. The molecule has 1 amide bonds. The van der Waals surface area contributed by atoms with Crippen LogP contribution in [0.15, 0.2) is 18.2 Å². The zero-order chi connectivity index (χ0) is 16.3. The number of halogens is 1. The quantitative estimate of drug-likeness (QED) is 0.587. The number of hydrogen-bond donors (Lipinski definition) is 2. The van der Waals surface area contributed by atoms with E-state index in [0.29, 0.717) is 6.42 Å². The highest BCUT2D eigenvalue weighted by atomic mass is 32.2. The molecule has 3 N–H and O–H groups in total. The van der Waals surface area contributed by atoms with Crippen LogP contribution in [0.4, 0.5) is 10.1 Å². The highest BCUT2D eigenvalue weighted by Gasteiger charge is 2.29. The summed E-state index contributed by atoms with van der Waals surface area (Å²) in [6.45, 7) is -0.563. The van der Waals surface area contributed by atoms with Crippen LogP contribution in [0, 0.1) is 5.82 Å². The summed E-state index contributed by atoms with van der Waals surface area (Å²) in [6.07, 6.45) is 0.340. The van der Waals surface area contributed by atoms with Gasteiger partial charge in [0, 0.05) is 11.7 Å². The number of nitrogens with two attached hydrogens (primary N) is 1. The molecule has 0 radical (unpaired) electrons. The van der Waals surface area contributed by atoms with E-state index in [-0.39, 0.29) is 22.8 Å². The summed E-state index contributed by atoms with van der Waals surface area (Å²) in [5.74, 6) is -2.13. The standard InChI is InChI=1S/C13H15FN2O5S/c14-8-1-2-10(11(15)5-8)13(18)21-6-12(17)16-9-3-4-22(19,20)7-9/h1-2,5,9H,3-4,6-7,15H2,(H,16,17)/t9-/m0/s1. The number of carbonyl (C=O) groups excluding carboxylic acids is 2. The molecular weight excluding hydrogens is 315 g/mol. The number of sulfone groups is 1. The number of benzene rings is 1. The van der Waals surface area contributed by atoms with E-state index in [2.05, 4.69) is 5.32 Å². The first-order valence-electron chi connectivity index (χ1n) is 6.49. The van der Waals surface area contributed by atoms with Crippen molar-refractivity contribution in [1.82, 2.24) is 5.32 Å². The Morgan fingerprint density at radius 3 is 2.73 bits per heavy atom. The summed E-state index contributed by atoms with van der Waals surface area (Å²) < 4.78 is 40.2. The third kappa shape index (κ3) is 4.17. The van der Waals surface area contributed by atoms with Gasteiger partial charge in [-0.2, -0.15) is 0 Å². The Kier molecular flexibility index (Phi) is 4.65. The van der Waals surface area contributed by atoms with Gasteiger partial charge in [-0.15, -0.1) is 0 Å². The molecule has 2 rings (SSSR count). The van der Waals surface area contributed by atoms with Gasteiger partial charge in [-0.05, 0) is 24.6 Å². The largest absolute Gasteiger partial charge is 0.452 e. The van der Waals surface area contributed by atoms with Crippen molar-refractivity contribution < 1.29 is 27.1 Å². The van der Waals surface area contributed by atoms with Crippen molar-refractivity contribution in [3.05, 3.63) is 29.6 Å². The molecule has 22 heavy (non-hydrogen) atoms. The Balaban J connectivity index is 1.84. The number of ether oxygens (including phenoxy) is 1. The van der Waals surface area contributed by atoms with Crippen LogP contribution >= 0.6 is 0 Å². The molecule has 9 heteroatoms. The first-order valence-corrected chi connectivity index (χ1v) is 8.31. The van der Waals surface area contributed by atoms with Gasteiger partial charge in [0.05, 0.1) is 17.1 Å². The Labute approximate surface area is 126 Å². The molecular formula is C13H15FN2O5S. The summed E-state index contributed by atoms with van der Waals surface area (Å²) in [7, 11) is -3.10. The predicted molar refractivity (Wildman–Crippen MR) is 76.3 cm³/mol. The van der Waals surface area contributed by atoms with Crippen LogP contribution in [0.25, 0.3) is 0 Å². The second-order valence-corrected chi connectivity index (χ2v) is 7.20. The van der Waals surface area contributed by atoms with E-state index in [1.165, 1.54) is 0 Å². The summed E-state index contributed by atoms with van der Waals surface area (Å²) in [4.78, 5) is 23.3. The molecule has 1 aromatic rings. The van der Waals surface area contributed by atoms with Gasteiger partial charge in [-0.25, -0.2) is 17.6 Å². The predicted octanol–water partition coefficient (Wildman–Crippen LogP) is -0.132. The number of anilines is 1. The van der Waals surface area contributed by atoms with Crippen LogP contribution < -0.4 is 11.1 Å². The van der Waals surface area contributed by atoms with E-state index in [1.54, 1.807) is 0 Å². The van der Waals surface area contributed by atoms with Crippen molar-refractivity contribution in [3.63, 3.8) is 0 Å². The lowest BCUT2D eigenvalue weighted by Crippen LogP contribution is -2.38. The molecule has 1 atom stereocenters. The molecule has 0 unspecified atom stereocenters. The lowest BCUT2D eigenvalue weighted by molar-refractivity contribution is -0.124. The molecule has 1 aliphatic heterocycles. The molecule has 0 aromatic heterocycles. The average Bonchev–Trinajstić information content (AvgIpc) is 2.75. The maximum Gasteiger partial charge on any atom is 0.340 e. The fraction of sp³-hybridized carbons (Fsp3) is 0.385. The van der Waals surface area contributed by atoms with E-state index >= 15 is 0 Å². The minimum Gasteiger partial charge on any atom is -0.452 e. The number of nitrogens with one attached hydrogen (secondary N) is 1. The Morgan fingerprint density at radius 1 is 1.41 bits per heavy atom. The maximum absolute atomic E-state index is 12.9. The van der Waals surface area contributed by atoms with Gasteiger partial charge >= 0.3 is 5.97 Å². The summed E-state index contributed by atoms with van der Waals surface area (Å²) in [5, 5.41) is 2.48. The van der Waals surface area contributed by atoms with Gasteiger partial charge in [-0.1, -0.05) is 0 Å². The van der Waals surface area contributed by atoms with Crippen LogP contribution in [-0.4, -0.2) is 44.4 Å². The minimum absolute atomic E-state index is 0.0316. The van der Waals surface area contributed by atoms with E-state index in [9.17, 15) is 22.4 Å². The van der Waals surface area contributed by atoms with Crippen LogP contribution in [0.2, 0.25) is 0 Å². The van der Waals surface area contributed by atoms with Crippen molar-refractivity contribution in [1.29, 1.82) is 0 Å². The lowest BCUT2D eigenvalue weighted by Gasteiger charge is -2.11. The first-order chi connectivity index (χ1) is 10.3. The summed E-state index contributed by atoms with van der Waals surface area (Å²) in [6, 6.07) is 2.72. The third-order valence-corrected chi connectivity index (χ3v) is 4.93. The molecule has 1 aromatic carbocycles. The molecule has 1 saturated heterocycles. The Hall–Kier alpha value is -2.16. The fourth-order valence-electron chi connectivity index (χ4n) is 2.11. The smallest absolute Gasteiger partial charge is 0.340 e. The average molecular weight is 330 g/mol. The molecule has 1 aliphatic rings. The zero-order valence-corrected chi connectivity index (χ0v) is 12.4. The van der Waals surface area contributed by atoms with E-state index < -0.39 is 40.2 Å². The van der Waals surface area contributed by atoms with Gasteiger partial charge in [0.1, 0.15) is 5.82 Å². The van der Waals surface area contributed by atoms with Gasteiger partial charge < -0.3 is 15.8 Å². The fourth-order valence-corrected chi connectivity index (χ4v) is 3.78. The molecule has 0 spiro atoms. The topological polar surface area (TPSA) is 116 Å². The lowest BCUT2D eigenvalue weighted by atomic mass is 10.2. The van der Waals surface area contributed by atoms with Gasteiger partial charge in [0.25, 0.3) is 5.91 Å². The molecule has 0 aliphatic carbocycles. The van der Waals surface area contributed by atoms with E-state index in [0.717, 1.165) is 18.2 Å². The van der Waals surface area contributed by atoms with Gasteiger partial charge in [0.2, 0.25) is 0 Å². The van der Waals surface area contributed by atoms with Crippen molar-refractivity contribution in [2.45, 2.75) is 12.5 Å².